The number of hydrogen-bond acceptors (Lipinski definition) is 8. The molecule has 1 rings (SSSR count). The molecule has 0 bridgehead atoms. The van der Waals surface area contributed by atoms with Gasteiger partial charge in [0.05, 0.1) is 13.2 Å². The third kappa shape index (κ3) is 27.5. The van der Waals surface area contributed by atoms with Crippen molar-refractivity contribution in [3.8, 4) is 0 Å². The van der Waals surface area contributed by atoms with E-state index in [1.807, 2.05) is 0 Å². The SMILES string of the molecule is CCCCCCCCCCCCCCC(=O)OC[C@H](COP(=O)(O)OCCN)OC(=O)CCCCCCC[C@@H]1C[C@@H]1CCCCCC. The number of carbonyl (C=O) groups excluding carboxylic acids is 2. The molecular formula is C37H72NO8P. The summed E-state index contributed by atoms with van der Waals surface area (Å²) in [6.07, 6.45) is 28.9. The van der Waals surface area contributed by atoms with Gasteiger partial charge in [0.2, 0.25) is 0 Å². The molecular weight excluding hydrogens is 617 g/mol. The van der Waals surface area contributed by atoms with Crippen molar-refractivity contribution in [1.29, 1.82) is 0 Å². The van der Waals surface area contributed by atoms with Gasteiger partial charge < -0.3 is 20.1 Å². The number of ether oxygens (including phenoxy) is 2. The van der Waals surface area contributed by atoms with Gasteiger partial charge in [-0.25, -0.2) is 4.57 Å². The van der Waals surface area contributed by atoms with Crippen LogP contribution in [0.25, 0.3) is 0 Å². The summed E-state index contributed by atoms with van der Waals surface area (Å²) in [6.45, 7) is 3.76. The van der Waals surface area contributed by atoms with E-state index in [0.717, 1.165) is 43.9 Å². The molecule has 9 nitrogen and oxygen atoms in total. The van der Waals surface area contributed by atoms with Gasteiger partial charge in [0.15, 0.2) is 6.10 Å². The number of esters is 2. The van der Waals surface area contributed by atoms with Crippen molar-refractivity contribution in [2.24, 2.45) is 17.6 Å². The molecule has 1 fully saturated rings. The van der Waals surface area contributed by atoms with Gasteiger partial charge in [0, 0.05) is 19.4 Å². The minimum atomic E-state index is -4.36. The largest absolute Gasteiger partial charge is 0.472 e. The predicted octanol–water partition coefficient (Wildman–Crippen LogP) is 9.96. The van der Waals surface area contributed by atoms with E-state index < -0.39 is 26.5 Å². The first-order valence-electron chi connectivity index (χ1n) is 19.5. The highest BCUT2D eigenvalue weighted by molar-refractivity contribution is 7.47. The molecule has 0 aliphatic heterocycles. The minimum Gasteiger partial charge on any atom is -0.462 e. The fourth-order valence-corrected chi connectivity index (χ4v) is 6.93. The highest BCUT2D eigenvalue weighted by Gasteiger charge is 2.35. The van der Waals surface area contributed by atoms with Crippen LogP contribution < -0.4 is 5.73 Å². The Morgan fingerprint density at radius 1 is 0.660 bits per heavy atom. The summed E-state index contributed by atoms with van der Waals surface area (Å²) in [5.74, 6) is 1.10. The second kappa shape index (κ2) is 29.9. The topological polar surface area (TPSA) is 134 Å². The maximum Gasteiger partial charge on any atom is 0.472 e. The monoisotopic (exact) mass is 689 g/mol. The first kappa shape index (κ1) is 44.0. The summed E-state index contributed by atoms with van der Waals surface area (Å²) < 4.78 is 32.7. The van der Waals surface area contributed by atoms with Crippen molar-refractivity contribution in [1.82, 2.24) is 0 Å². The Morgan fingerprint density at radius 3 is 1.62 bits per heavy atom. The van der Waals surface area contributed by atoms with Crippen LogP contribution in [-0.2, 0) is 32.7 Å². The Morgan fingerprint density at radius 2 is 1.11 bits per heavy atom. The maximum atomic E-state index is 12.5. The molecule has 0 saturated heterocycles. The van der Waals surface area contributed by atoms with Crippen molar-refractivity contribution >= 4 is 19.8 Å². The third-order valence-electron chi connectivity index (χ3n) is 9.21. The Kier molecular flexibility index (Phi) is 28.0. The highest BCUT2D eigenvalue weighted by atomic mass is 31.2. The Bertz CT molecular complexity index is 813. The molecule has 4 atom stereocenters. The Hall–Kier alpha value is -0.990. The maximum absolute atomic E-state index is 12.5. The lowest BCUT2D eigenvalue weighted by atomic mass is 10.0. The number of phosphoric acid groups is 1. The highest BCUT2D eigenvalue weighted by Crippen LogP contribution is 2.46. The fourth-order valence-electron chi connectivity index (χ4n) is 6.17. The molecule has 1 unspecified atom stereocenters. The van der Waals surface area contributed by atoms with Gasteiger partial charge in [0.25, 0.3) is 0 Å². The van der Waals surface area contributed by atoms with E-state index >= 15 is 0 Å². The standard InChI is InChI=1S/C37H72NO8P/c1-3-5-7-9-10-11-12-13-14-15-18-22-26-36(39)43-31-35(32-45-47(41,42)44-29-28-38)46-37(40)27-23-19-16-17-21-25-34-30-33(34)24-20-8-6-4-2/h33-35H,3-32,38H2,1-2H3,(H,41,42)/t33-,34+,35+/m0/s1. The molecule has 3 N–H and O–H groups in total. The summed E-state index contributed by atoms with van der Waals surface area (Å²) in [4.78, 5) is 34.7. The van der Waals surface area contributed by atoms with Crippen LogP contribution >= 0.6 is 7.82 Å². The van der Waals surface area contributed by atoms with Gasteiger partial charge in [-0.3, -0.25) is 18.6 Å². The van der Waals surface area contributed by atoms with E-state index in [0.29, 0.717) is 6.42 Å². The van der Waals surface area contributed by atoms with E-state index in [1.54, 1.807) is 0 Å². The quantitative estimate of drug-likeness (QED) is 0.0379. The predicted molar refractivity (Wildman–Crippen MR) is 190 cm³/mol. The number of rotatable bonds is 35. The van der Waals surface area contributed by atoms with Gasteiger partial charge in [-0.15, -0.1) is 0 Å². The van der Waals surface area contributed by atoms with Gasteiger partial charge in [-0.1, -0.05) is 149 Å². The van der Waals surface area contributed by atoms with Crippen LogP contribution in [0.4, 0.5) is 0 Å². The van der Waals surface area contributed by atoms with Gasteiger partial charge in [-0.05, 0) is 31.1 Å². The van der Waals surface area contributed by atoms with Crippen molar-refractivity contribution in [2.45, 2.75) is 187 Å². The summed E-state index contributed by atoms with van der Waals surface area (Å²) in [6, 6.07) is 0. The van der Waals surface area contributed by atoms with Crippen LogP contribution in [0.1, 0.15) is 181 Å². The van der Waals surface area contributed by atoms with E-state index in [9.17, 15) is 19.0 Å². The summed E-state index contributed by atoms with van der Waals surface area (Å²) in [5, 5.41) is 0. The van der Waals surface area contributed by atoms with Crippen LogP contribution in [0.2, 0.25) is 0 Å². The van der Waals surface area contributed by atoms with Crippen LogP contribution in [0.15, 0.2) is 0 Å². The summed E-state index contributed by atoms with van der Waals surface area (Å²) >= 11 is 0. The smallest absolute Gasteiger partial charge is 0.462 e. The van der Waals surface area contributed by atoms with Crippen LogP contribution in [0.3, 0.4) is 0 Å². The molecule has 278 valence electrons. The normalized spacial score (nSPS) is 17.7. The molecule has 0 aromatic rings. The molecule has 47 heavy (non-hydrogen) atoms. The molecule has 1 aliphatic carbocycles. The van der Waals surface area contributed by atoms with Gasteiger partial charge >= 0.3 is 19.8 Å². The molecule has 0 aromatic heterocycles. The fraction of sp³-hybridized carbons (Fsp3) is 0.946. The third-order valence-corrected chi connectivity index (χ3v) is 10.2. The van der Waals surface area contributed by atoms with E-state index in [4.69, 9.17) is 24.3 Å². The first-order valence-corrected chi connectivity index (χ1v) is 21.0. The Balaban J connectivity index is 2.22. The zero-order valence-corrected chi connectivity index (χ0v) is 31.2. The number of phosphoric ester groups is 1. The second-order valence-corrected chi connectivity index (χ2v) is 15.2. The summed E-state index contributed by atoms with van der Waals surface area (Å²) in [5.41, 5.74) is 5.33. The number of unbranched alkanes of at least 4 members (excludes halogenated alkanes) is 18. The summed E-state index contributed by atoms with van der Waals surface area (Å²) in [7, 11) is -4.36. The lowest BCUT2D eigenvalue weighted by Crippen LogP contribution is -2.29. The molecule has 0 spiro atoms. The number of carbonyl (C=O) groups is 2. The average molecular weight is 690 g/mol. The number of hydrogen-bond donors (Lipinski definition) is 2. The van der Waals surface area contributed by atoms with Gasteiger partial charge in [0.1, 0.15) is 6.61 Å². The zero-order valence-electron chi connectivity index (χ0n) is 30.3. The van der Waals surface area contributed by atoms with Crippen molar-refractivity contribution < 1.29 is 37.6 Å². The lowest BCUT2D eigenvalue weighted by molar-refractivity contribution is -0.161. The van der Waals surface area contributed by atoms with E-state index in [2.05, 4.69) is 13.8 Å². The van der Waals surface area contributed by atoms with E-state index in [-0.39, 0.29) is 38.6 Å². The average Bonchev–Trinajstić information content (AvgIpc) is 3.81. The molecule has 10 heteroatoms. The van der Waals surface area contributed by atoms with Crippen molar-refractivity contribution in [3.05, 3.63) is 0 Å². The first-order chi connectivity index (χ1) is 22.8. The molecule has 0 radical (unpaired) electrons. The molecule has 0 aromatic carbocycles. The molecule has 0 heterocycles. The van der Waals surface area contributed by atoms with E-state index in [1.165, 1.54) is 116 Å². The van der Waals surface area contributed by atoms with Crippen LogP contribution in [0, 0.1) is 11.8 Å². The molecule has 1 aliphatic rings. The molecule has 0 amide bonds. The Labute approximate surface area is 287 Å². The lowest BCUT2D eigenvalue weighted by Gasteiger charge is -2.19. The van der Waals surface area contributed by atoms with Crippen molar-refractivity contribution in [3.63, 3.8) is 0 Å². The van der Waals surface area contributed by atoms with Gasteiger partial charge in [-0.2, -0.15) is 0 Å². The van der Waals surface area contributed by atoms with Crippen molar-refractivity contribution in [2.75, 3.05) is 26.4 Å². The second-order valence-electron chi connectivity index (χ2n) is 13.7. The number of nitrogens with two attached hydrogens (primary N) is 1. The molecule has 1 saturated carbocycles. The van der Waals surface area contributed by atoms with Crippen LogP contribution in [0.5, 0.6) is 0 Å². The zero-order chi connectivity index (χ0) is 34.4. The minimum absolute atomic E-state index is 0.0588. The van der Waals surface area contributed by atoms with Crippen LogP contribution in [-0.4, -0.2) is 49.3 Å².